The van der Waals surface area contributed by atoms with Gasteiger partial charge in [-0.25, -0.2) is 4.79 Å². The summed E-state index contributed by atoms with van der Waals surface area (Å²) in [5, 5.41) is 10.2. The highest BCUT2D eigenvalue weighted by molar-refractivity contribution is 6.09. The molecule has 1 heterocycles. The number of nitrogens with zero attached hydrogens (tertiary/aromatic N) is 1. The minimum Gasteiger partial charge on any atom is -0.504 e. The lowest BCUT2D eigenvalue weighted by Crippen LogP contribution is -2.40. The molecule has 0 spiro atoms. The number of carbonyl (C=O) groups excluding carboxylic acids is 1. The minimum absolute atomic E-state index is 0.0128. The normalized spacial score (nSPS) is 15.0. The first kappa shape index (κ1) is 18.5. The van der Waals surface area contributed by atoms with Crippen LogP contribution in [0, 0.1) is 0 Å². The number of hydrogen-bond donors (Lipinski definition) is 1. The molecule has 1 aliphatic heterocycles. The van der Waals surface area contributed by atoms with Gasteiger partial charge in [-0.15, -0.1) is 0 Å². The van der Waals surface area contributed by atoms with Crippen LogP contribution in [0.4, 0.5) is 4.79 Å². The average molecular weight is 354 g/mol. The molecule has 1 aromatic rings. The summed E-state index contributed by atoms with van der Waals surface area (Å²) in [5.74, 6) is 0.233. The van der Waals surface area contributed by atoms with Gasteiger partial charge < -0.3 is 19.0 Å². The second-order valence-electron chi connectivity index (χ2n) is 6.53. The van der Waals surface area contributed by atoms with Gasteiger partial charge in [-0.1, -0.05) is 31.6 Å². The summed E-state index contributed by atoms with van der Waals surface area (Å²) < 4.78 is 10.2. The first-order valence-corrected chi connectivity index (χ1v) is 8.46. The number of rotatable bonds is 5. The Hall–Kier alpha value is -1.88. The van der Waals surface area contributed by atoms with Crippen LogP contribution in [0.5, 0.6) is 11.5 Å². The molecule has 0 atom stereocenters. The fourth-order valence-corrected chi connectivity index (χ4v) is 3.00. The van der Waals surface area contributed by atoms with Crippen molar-refractivity contribution in [3.05, 3.63) is 29.8 Å². The molecule has 0 saturated carbocycles. The molecule has 1 aliphatic rings. The zero-order chi connectivity index (χ0) is 17.7. The highest BCUT2D eigenvalue weighted by atomic mass is 35.5. The van der Waals surface area contributed by atoms with Crippen LogP contribution in [0.2, 0.25) is 0 Å². The summed E-state index contributed by atoms with van der Waals surface area (Å²) in [6, 6.07) is 5.16. The maximum Gasteiger partial charge on any atom is 0.410 e. The van der Waals surface area contributed by atoms with Crippen molar-refractivity contribution in [1.82, 2.24) is 4.90 Å². The molecule has 0 fully saturated rings. The lowest BCUT2D eigenvalue weighted by Gasteiger charge is -2.31. The van der Waals surface area contributed by atoms with Crippen molar-refractivity contribution < 1.29 is 18.9 Å². The third-order valence-electron chi connectivity index (χ3n) is 4.11. The predicted octanol–water partition coefficient (Wildman–Crippen LogP) is 4.73. The molecule has 0 unspecified atom stereocenters. The van der Waals surface area contributed by atoms with Gasteiger partial charge in [-0.3, -0.25) is 0 Å². The summed E-state index contributed by atoms with van der Waals surface area (Å²) in [5.41, 5.74) is 1.17. The van der Waals surface area contributed by atoms with Crippen LogP contribution in [-0.2, 0) is 4.74 Å². The largest absolute Gasteiger partial charge is 0.504 e. The second kappa shape index (κ2) is 7.79. The molecule has 5 nitrogen and oxygen atoms in total. The van der Waals surface area contributed by atoms with E-state index in [1.807, 2.05) is 19.9 Å². The number of ether oxygens (including phenoxy) is 1. The van der Waals surface area contributed by atoms with Gasteiger partial charge in [0, 0.05) is 18.7 Å². The molecular formula is C18H24ClNO4. The first-order chi connectivity index (χ1) is 11.4. The minimum atomic E-state index is -0.458. The molecule has 0 bridgehead atoms. The number of phenols is 1. The van der Waals surface area contributed by atoms with E-state index in [2.05, 4.69) is 11.2 Å². The maximum atomic E-state index is 12.3. The molecule has 1 N–H and O–H groups in total. The molecule has 24 heavy (non-hydrogen) atoms. The molecule has 1 amide bonds. The Balaban J connectivity index is 2.05. The topological polar surface area (TPSA) is 59.0 Å². The van der Waals surface area contributed by atoms with Crippen molar-refractivity contribution in [3.63, 3.8) is 0 Å². The Morgan fingerprint density at radius 1 is 1.42 bits per heavy atom. The molecule has 6 heteroatoms. The van der Waals surface area contributed by atoms with E-state index in [9.17, 15) is 9.90 Å². The molecule has 0 aliphatic carbocycles. The third-order valence-corrected chi connectivity index (χ3v) is 4.28. The van der Waals surface area contributed by atoms with E-state index in [0.717, 1.165) is 18.4 Å². The van der Waals surface area contributed by atoms with Gasteiger partial charge in [0.25, 0.3) is 0 Å². The lowest BCUT2D eigenvalue weighted by atomic mass is 9.98. The Morgan fingerprint density at radius 2 is 2.17 bits per heavy atom. The second-order valence-corrected chi connectivity index (χ2v) is 6.69. The number of para-hydroxylation sites is 1. The van der Waals surface area contributed by atoms with Crippen molar-refractivity contribution in [1.29, 1.82) is 0 Å². The lowest BCUT2D eigenvalue weighted by molar-refractivity contribution is 0.00987. The molecule has 0 aromatic heterocycles. The van der Waals surface area contributed by atoms with Gasteiger partial charge in [0.2, 0.25) is 0 Å². The molecule has 2 rings (SSSR count). The fraction of sp³-hybridized carbons (Fsp3) is 0.500. The molecule has 0 saturated heterocycles. The van der Waals surface area contributed by atoms with E-state index in [4.69, 9.17) is 16.6 Å². The summed E-state index contributed by atoms with van der Waals surface area (Å²) >= 11 is 5.35. The number of aromatic hydroxyl groups is 1. The number of carbonyl (C=O) groups is 1. The third kappa shape index (κ3) is 4.35. The van der Waals surface area contributed by atoms with Crippen LogP contribution in [0.1, 0.15) is 45.6 Å². The Labute approximate surface area is 148 Å². The predicted molar refractivity (Wildman–Crippen MR) is 94.2 cm³/mol. The molecule has 1 aromatic carbocycles. The Kier molecular flexibility index (Phi) is 5.99. The van der Waals surface area contributed by atoms with Crippen LogP contribution in [0.15, 0.2) is 24.3 Å². The fourth-order valence-electron chi connectivity index (χ4n) is 2.88. The quantitative estimate of drug-likeness (QED) is 0.831. The van der Waals surface area contributed by atoms with Crippen LogP contribution in [-0.4, -0.2) is 34.8 Å². The van der Waals surface area contributed by atoms with E-state index in [1.54, 1.807) is 23.1 Å². The molecule has 0 radical (unpaired) electrons. The van der Waals surface area contributed by atoms with Gasteiger partial charge in [0.15, 0.2) is 11.5 Å². The number of benzene rings is 1. The van der Waals surface area contributed by atoms with Crippen LogP contribution in [0.3, 0.4) is 0 Å². The number of phenolic OH excluding ortho intramolecular Hbond substituents is 1. The Morgan fingerprint density at radius 3 is 2.75 bits per heavy atom. The summed E-state index contributed by atoms with van der Waals surface area (Å²) in [4.78, 5) is 14.0. The van der Waals surface area contributed by atoms with E-state index in [0.29, 0.717) is 25.1 Å². The Bertz CT molecular complexity index is 627. The van der Waals surface area contributed by atoms with Crippen LogP contribution < -0.4 is 4.29 Å². The van der Waals surface area contributed by atoms with Crippen molar-refractivity contribution in [3.8, 4) is 11.5 Å². The van der Waals surface area contributed by atoms with E-state index in [-0.39, 0.29) is 17.6 Å². The van der Waals surface area contributed by atoms with Crippen molar-refractivity contribution in [2.24, 2.45) is 0 Å². The molecular weight excluding hydrogens is 330 g/mol. The molecule has 132 valence electrons. The number of halogens is 1. The van der Waals surface area contributed by atoms with Crippen molar-refractivity contribution >= 4 is 23.5 Å². The van der Waals surface area contributed by atoms with Gasteiger partial charge in [-0.2, -0.15) is 0 Å². The van der Waals surface area contributed by atoms with E-state index in [1.165, 1.54) is 0 Å². The first-order valence-electron chi connectivity index (χ1n) is 8.16. The van der Waals surface area contributed by atoms with Crippen molar-refractivity contribution in [2.75, 3.05) is 13.1 Å². The number of amides is 1. The average Bonchev–Trinajstić information content (AvgIpc) is 2.54. The van der Waals surface area contributed by atoms with Gasteiger partial charge >= 0.3 is 6.09 Å². The SMILES string of the molecule is CCCC(C)(C)OC(=O)N1CC=C(c2cccc(OCl)c2O)CC1. The highest BCUT2D eigenvalue weighted by Gasteiger charge is 2.27. The van der Waals surface area contributed by atoms with Gasteiger partial charge in [-0.05, 0) is 38.3 Å². The standard InChI is InChI=1S/C18H24ClNO4/c1-4-10-18(2,3)23-17(22)20-11-8-13(9-12-20)14-6-5-7-15(24-19)16(14)21/h5-8,21H,4,9-12H2,1-3H3. The van der Waals surface area contributed by atoms with E-state index >= 15 is 0 Å². The smallest absolute Gasteiger partial charge is 0.410 e. The van der Waals surface area contributed by atoms with E-state index < -0.39 is 5.60 Å². The summed E-state index contributed by atoms with van der Waals surface area (Å²) in [6.45, 7) is 6.90. The monoisotopic (exact) mass is 353 g/mol. The van der Waals surface area contributed by atoms with Crippen LogP contribution >= 0.6 is 11.9 Å². The maximum absolute atomic E-state index is 12.3. The zero-order valence-electron chi connectivity index (χ0n) is 14.3. The van der Waals surface area contributed by atoms with Gasteiger partial charge in [0.1, 0.15) is 17.5 Å². The highest BCUT2D eigenvalue weighted by Crippen LogP contribution is 2.37. The number of hydrogen-bond acceptors (Lipinski definition) is 4. The van der Waals surface area contributed by atoms with Gasteiger partial charge in [0.05, 0.1) is 0 Å². The van der Waals surface area contributed by atoms with Crippen molar-refractivity contribution in [2.45, 2.75) is 45.6 Å². The summed E-state index contributed by atoms with van der Waals surface area (Å²) in [7, 11) is 0. The summed E-state index contributed by atoms with van der Waals surface area (Å²) in [6.07, 6.45) is 4.04. The van der Waals surface area contributed by atoms with Crippen LogP contribution in [0.25, 0.3) is 5.57 Å². The zero-order valence-corrected chi connectivity index (χ0v) is 15.1.